The third-order valence-electron chi connectivity index (χ3n) is 5.41. The fraction of sp³-hybridized carbons (Fsp3) is 0.174. The number of fused-ring (bicyclic) bond motifs is 1. The SMILES string of the molecule is O=C(Nc1ncccc1C(F)(F)F)c1n[nH]c2ccc(-c3cncc(NC(=O)C4CC4)c3)cc12. The van der Waals surface area contributed by atoms with E-state index in [0.29, 0.717) is 27.7 Å². The zero-order valence-corrected chi connectivity index (χ0v) is 17.5. The number of alkyl halides is 3. The summed E-state index contributed by atoms with van der Waals surface area (Å²) in [7, 11) is 0. The van der Waals surface area contributed by atoms with E-state index < -0.39 is 23.5 Å². The summed E-state index contributed by atoms with van der Waals surface area (Å²) in [6, 6.07) is 8.91. The first kappa shape index (κ1) is 21.6. The number of nitrogens with zero attached hydrogens (tertiary/aromatic N) is 3. The van der Waals surface area contributed by atoms with Crippen molar-refractivity contribution in [2.24, 2.45) is 5.92 Å². The number of hydrogen-bond donors (Lipinski definition) is 3. The number of H-pyrrole nitrogens is 1. The minimum Gasteiger partial charge on any atom is -0.324 e. The Hall–Kier alpha value is -4.28. The van der Waals surface area contributed by atoms with Gasteiger partial charge in [0.1, 0.15) is 5.82 Å². The first-order chi connectivity index (χ1) is 16.3. The molecule has 1 aliphatic carbocycles. The average molecular weight is 466 g/mol. The van der Waals surface area contributed by atoms with Gasteiger partial charge >= 0.3 is 6.18 Å². The fourth-order valence-electron chi connectivity index (χ4n) is 3.52. The summed E-state index contributed by atoms with van der Waals surface area (Å²) < 4.78 is 39.7. The summed E-state index contributed by atoms with van der Waals surface area (Å²) >= 11 is 0. The zero-order chi connectivity index (χ0) is 23.9. The van der Waals surface area contributed by atoms with Crippen LogP contribution in [0.3, 0.4) is 0 Å². The van der Waals surface area contributed by atoms with E-state index in [9.17, 15) is 22.8 Å². The maximum atomic E-state index is 13.2. The molecule has 3 heterocycles. The summed E-state index contributed by atoms with van der Waals surface area (Å²) in [4.78, 5) is 32.7. The normalized spacial score (nSPS) is 13.6. The number of nitrogens with one attached hydrogen (secondary N) is 3. The molecule has 0 bridgehead atoms. The molecule has 5 rings (SSSR count). The quantitative estimate of drug-likeness (QED) is 0.397. The number of benzene rings is 1. The van der Waals surface area contributed by atoms with Gasteiger partial charge in [0.15, 0.2) is 5.69 Å². The van der Waals surface area contributed by atoms with Gasteiger partial charge in [-0.15, -0.1) is 0 Å². The molecule has 1 saturated carbocycles. The van der Waals surface area contributed by atoms with Crippen LogP contribution in [0.2, 0.25) is 0 Å². The number of hydrogen-bond acceptors (Lipinski definition) is 5. The third kappa shape index (κ3) is 4.32. The maximum Gasteiger partial charge on any atom is 0.419 e. The van der Waals surface area contributed by atoms with Gasteiger partial charge in [0.25, 0.3) is 5.91 Å². The van der Waals surface area contributed by atoms with Crippen molar-refractivity contribution in [3.8, 4) is 11.1 Å². The van der Waals surface area contributed by atoms with Crippen LogP contribution in [0.25, 0.3) is 22.0 Å². The van der Waals surface area contributed by atoms with Gasteiger partial charge < -0.3 is 10.6 Å². The van der Waals surface area contributed by atoms with Crippen molar-refractivity contribution in [1.82, 2.24) is 20.2 Å². The van der Waals surface area contributed by atoms with Crippen LogP contribution in [0.1, 0.15) is 28.9 Å². The smallest absolute Gasteiger partial charge is 0.324 e. The molecule has 3 N–H and O–H groups in total. The van der Waals surface area contributed by atoms with Crippen LogP contribution >= 0.6 is 0 Å². The van der Waals surface area contributed by atoms with Crippen LogP contribution in [0, 0.1) is 5.92 Å². The Morgan fingerprint density at radius 2 is 1.85 bits per heavy atom. The Bertz CT molecular complexity index is 1410. The number of carbonyl (C=O) groups excluding carboxylic acids is 2. The van der Waals surface area contributed by atoms with Crippen molar-refractivity contribution in [2.75, 3.05) is 10.6 Å². The van der Waals surface area contributed by atoms with Gasteiger partial charge in [-0.3, -0.25) is 19.7 Å². The molecule has 34 heavy (non-hydrogen) atoms. The van der Waals surface area contributed by atoms with Crippen molar-refractivity contribution < 1.29 is 22.8 Å². The summed E-state index contributed by atoms with van der Waals surface area (Å²) in [5.41, 5.74) is 1.31. The Morgan fingerprint density at radius 1 is 1.03 bits per heavy atom. The highest BCUT2D eigenvalue weighted by molar-refractivity contribution is 6.11. The molecule has 0 atom stereocenters. The lowest BCUT2D eigenvalue weighted by atomic mass is 10.0. The van der Waals surface area contributed by atoms with E-state index in [1.165, 1.54) is 0 Å². The van der Waals surface area contributed by atoms with Gasteiger partial charge in [-0.25, -0.2) is 4.98 Å². The number of aromatic nitrogens is 4. The molecule has 2 amide bonds. The van der Waals surface area contributed by atoms with Crippen molar-refractivity contribution in [3.05, 3.63) is 66.2 Å². The highest BCUT2D eigenvalue weighted by Gasteiger charge is 2.35. The second-order valence-corrected chi connectivity index (χ2v) is 7.91. The predicted octanol–water partition coefficient (Wildman–Crippen LogP) is 4.64. The van der Waals surface area contributed by atoms with Gasteiger partial charge in [-0.2, -0.15) is 18.3 Å². The molecule has 0 spiro atoms. The van der Waals surface area contributed by atoms with E-state index in [0.717, 1.165) is 31.2 Å². The molecule has 4 aromatic rings. The molecule has 1 fully saturated rings. The van der Waals surface area contributed by atoms with E-state index >= 15 is 0 Å². The molecule has 0 radical (unpaired) electrons. The largest absolute Gasteiger partial charge is 0.419 e. The topological polar surface area (TPSA) is 113 Å². The van der Waals surface area contributed by atoms with Crippen LogP contribution in [0.4, 0.5) is 24.7 Å². The first-order valence-electron chi connectivity index (χ1n) is 10.4. The molecule has 1 aliphatic rings. The summed E-state index contributed by atoms with van der Waals surface area (Å²) in [5, 5.41) is 12.1. The number of aromatic amines is 1. The number of amides is 2. The average Bonchev–Trinajstić information content (AvgIpc) is 3.58. The maximum absolute atomic E-state index is 13.2. The summed E-state index contributed by atoms with van der Waals surface area (Å²) in [6.07, 6.45) is 1.40. The van der Waals surface area contributed by atoms with Crippen molar-refractivity contribution in [1.29, 1.82) is 0 Å². The molecule has 8 nitrogen and oxygen atoms in total. The molecular formula is C23H17F3N6O2. The third-order valence-corrected chi connectivity index (χ3v) is 5.41. The van der Waals surface area contributed by atoms with Crippen molar-refractivity contribution in [3.63, 3.8) is 0 Å². The lowest BCUT2D eigenvalue weighted by Crippen LogP contribution is -2.18. The van der Waals surface area contributed by atoms with E-state index in [1.54, 1.807) is 36.7 Å². The Balaban J connectivity index is 1.44. The molecule has 3 aromatic heterocycles. The second-order valence-electron chi connectivity index (χ2n) is 7.91. The van der Waals surface area contributed by atoms with Crippen molar-refractivity contribution in [2.45, 2.75) is 19.0 Å². The molecule has 1 aromatic carbocycles. The van der Waals surface area contributed by atoms with Gasteiger partial charge in [0.05, 0.1) is 23.0 Å². The number of anilines is 2. The van der Waals surface area contributed by atoms with E-state index in [2.05, 4.69) is 30.8 Å². The Kier molecular flexibility index (Phi) is 5.23. The molecule has 11 heteroatoms. The molecule has 0 unspecified atom stereocenters. The van der Waals surface area contributed by atoms with Crippen LogP contribution in [-0.2, 0) is 11.0 Å². The number of pyridine rings is 2. The monoisotopic (exact) mass is 466 g/mol. The van der Waals surface area contributed by atoms with Crippen LogP contribution in [-0.4, -0.2) is 32.0 Å². The molecule has 0 aliphatic heterocycles. The Morgan fingerprint density at radius 3 is 2.62 bits per heavy atom. The highest BCUT2D eigenvalue weighted by Crippen LogP contribution is 2.34. The molecule has 0 saturated heterocycles. The number of rotatable bonds is 5. The van der Waals surface area contributed by atoms with Gasteiger partial charge in [-0.05, 0) is 48.7 Å². The van der Waals surface area contributed by atoms with Gasteiger partial charge in [-0.1, -0.05) is 6.07 Å². The summed E-state index contributed by atoms with van der Waals surface area (Å²) in [5.74, 6) is -1.44. The minimum absolute atomic E-state index is 0.0453. The molecule has 172 valence electrons. The second kappa shape index (κ2) is 8.25. The highest BCUT2D eigenvalue weighted by atomic mass is 19.4. The van der Waals surface area contributed by atoms with E-state index in [4.69, 9.17) is 0 Å². The summed E-state index contributed by atoms with van der Waals surface area (Å²) in [6.45, 7) is 0. The number of carbonyl (C=O) groups is 2. The number of halogens is 3. The first-order valence-corrected chi connectivity index (χ1v) is 10.4. The van der Waals surface area contributed by atoms with Crippen LogP contribution < -0.4 is 10.6 Å². The lowest BCUT2D eigenvalue weighted by Gasteiger charge is -2.11. The standard InChI is InChI=1S/C23H17F3N6O2/c24-23(25,26)17-2-1-7-28-20(17)30-22(34)19-16-9-13(5-6-18(16)31-32-19)14-8-15(11-27-10-14)29-21(33)12-3-4-12/h1-2,5-12H,3-4H2,(H,29,33)(H,31,32)(H,28,30,34). The van der Waals surface area contributed by atoms with Crippen molar-refractivity contribution >= 4 is 34.2 Å². The van der Waals surface area contributed by atoms with Crippen LogP contribution in [0.5, 0.6) is 0 Å². The Labute approximate surface area is 190 Å². The lowest BCUT2D eigenvalue weighted by molar-refractivity contribution is -0.137. The van der Waals surface area contributed by atoms with Crippen LogP contribution in [0.15, 0.2) is 55.0 Å². The molecular weight excluding hydrogens is 449 g/mol. The predicted molar refractivity (Wildman–Crippen MR) is 118 cm³/mol. The van der Waals surface area contributed by atoms with Gasteiger partial charge in [0.2, 0.25) is 5.91 Å². The fourth-order valence-corrected chi connectivity index (χ4v) is 3.52. The van der Waals surface area contributed by atoms with Gasteiger partial charge in [0, 0.05) is 29.3 Å². The zero-order valence-electron chi connectivity index (χ0n) is 17.5. The minimum atomic E-state index is -4.68. The van der Waals surface area contributed by atoms with E-state index in [-0.39, 0.29) is 17.5 Å². The van der Waals surface area contributed by atoms with E-state index in [1.807, 2.05) is 0 Å².